The van der Waals surface area contributed by atoms with Gasteiger partial charge in [-0.05, 0) is 51.2 Å². The molecule has 0 radical (unpaired) electrons. The highest BCUT2D eigenvalue weighted by Crippen LogP contribution is 2.40. The van der Waals surface area contributed by atoms with Crippen molar-refractivity contribution in [3.8, 4) is 0 Å². The van der Waals surface area contributed by atoms with Crippen LogP contribution in [0.1, 0.15) is 53.9 Å². The Hall–Kier alpha value is -1.57. The second-order valence-electron chi connectivity index (χ2n) is 6.14. The Morgan fingerprint density at radius 3 is 2.41 bits per heavy atom. The van der Waals surface area contributed by atoms with Gasteiger partial charge in [-0.2, -0.15) is 0 Å². The second kappa shape index (κ2) is 8.77. The minimum absolute atomic E-state index is 0.466. The van der Waals surface area contributed by atoms with E-state index in [1.165, 1.54) is 16.8 Å². The van der Waals surface area contributed by atoms with Crippen LogP contribution in [0.5, 0.6) is 0 Å². The molecule has 1 heterocycles. The Kier molecular flexibility index (Phi) is 7.37. The van der Waals surface area contributed by atoms with Gasteiger partial charge in [0.2, 0.25) is 0 Å². The SMILES string of the molecule is C=C(C)/C=C\C(=C/C)CC1=C(C)N(CC=O)C(CC)C1CC. The number of allylic oxidation sites excluding steroid dienone is 6. The summed E-state index contributed by atoms with van der Waals surface area (Å²) >= 11 is 0. The monoisotopic (exact) mass is 301 g/mol. The molecular formula is C20H31NO. The van der Waals surface area contributed by atoms with Crippen LogP contribution in [0.3, 0.4) is 0 Å². The topological polar surface area (TPSA) is 20.3 Å². The zero-order valence-corrected chi connectivity index (χ0v) is 14.9. The molecule has 2 heteroatoms. The lowest BCUT2D eigenvalue weighted by Gasteiger charge is -2.29. The molecule has 0 saturated heterocycles. The van der Waals surface area contributed by atoms with Crippen LogP contribution in [-0.4, -0.2) is 23.8 Å². The van der Waals surface area contributed by atoms with Crippen LogP contribution in [-0.2, 0) is 4.79 Å². The van der Waals surface area contributed by atoms with Crippen molar-refractivity contribution in [2.45, 2.75) is 59.9 Å². The molecule has 122 valence electrons. The fourth-order valence-corrected chi connectivity index (χ4v) is 3.51. The molecule has 1 rings (SSSR count). The van der Waals surface area contributed by atoms with Gasteiger partial charge in [0.05, 0.1) is 6.54 Å². The molecule has 0 aromatic carbocycles. The largest absolute Gasteiger partial charge is 0.364 e. The molecule has 0 aromatic heterocycles. The summed E-state index contributed by atoms with van der Waals surface area (Å²) in [6, 6.07) is 0.466. The molecule has 2 nitrogen and oxygen atoms in total. The smallest absolute Gasteiger partial charge is 0.139 e. The molecule has 0 saturated carbocycles. The molecule has 1 aliphatic heterocycles. The first-order chi connectivity index (χ1) is 10.5. The van der Waals surface area contributed by atoms with Crippen molar-refractivity contribution in [1.29, 1.82) is 0 Å². The van der Waals surface area contributed by atoms with Crippen LogP contribution in [0, 0.1) is 5.92 Å². The number of hydrogen-bond acceptors (Lipinski definition) is 2. The maximum atomic E-state index is 11.0. The maximum absolute atomic E-state index is 11.0. The van der Waals surface area contributed by atoms with Gasteiger partial charge in [-0.15, -0.1) is 0 Å². The van der Waals surface area contributed by atoms with Gasteiger partial charge in [0, 0.05) is 17.7 Å². The number of rotatable bonds is 8. The average molecular weight is 301 g/mol. The summed E-state index contributed by atoms with van der Waals surface area (Å²) in [5, 5.41) is 0. The third-order valence-corrected chi connectivity index (χ3v) is 4.68. The first-order valence-corrected chi connectivity index (χ1v) is 8.38. The molecule has 0 amide bonds. The third kappa shape index (κ3) is 4.22. The Morgan fingerprint density at radius 2 is 1.95 bits per heavy atom. The van der Waals surface area contributed by atoms with Crippen molar-refractivity contribution in [3.63, 3.8) is 0 Å². The van der Waals surface area contributed by atoms with Crippen LogP contribution in [0.2, 0.25) is 0 Å². The van der Waals surface area contributed by atoms with Gasteiger partial charge < -0.3 is 9.69 Å². The zero-order chi connectivity index (χ0) is 16.7. The molecule has 0 spiro atoms. The molecule has 0 N–H and O–H groups in total. The first kappa shape index (κ1) is 18.5. The minimum atomic E-state index is 0.466. The van der Waals surface area contributed by atoms with Gasteiger partial charge in [0.15, 0.2) is 0 Å². The molecular weight excluding hydrogens is 270 g/mol. The van der Waals surface area contributed by atoms with Crippen molar-refractivity contribution in [3.05, 3.63) is 47.2 Å². The van der Waals surface area contributed by atoms with Crippen molar-refractivity contribution >= 4 is 6.29 Å². The fourth-order valence-electron chi connectivity index (χ4n) is 3.51. The number of hydrogen-bond donors (Lipinski definition) is 0. The molecule has 22 heavy (non-hydrogen) atoms. The number of nitrogens with zero attached hydrogens (tertiary/aromatic N) is 1. The molecule has 0 aliphatic carbocycles. The molecule has 2 unspecified atom stereocenters. The maximum Gasteiger partial charge on any atom is 0.139 e. The minimum Gasteiger partial charge on any atom is -0.364 e. The van der Waals surface area contributed by atoms with Gasteiger partial charge in [0.25, 0.3) is 0 Å². The van der Waals surface area contributed by atoms with Gasteiger partial charge in [-0.3, -0.25) is 0 Å². The predicted octanol–water partition coefficient (Wildman–Crippen LogP) is 5.05. The Balaban J connectivity index is 3.07. The summed E-state index contributed by atoms with van der Waals surface area (Å²) in [4.78, 5) is 13.3. The number of carbonyl (C=O) groups excluding carboxylic acids is 1. The molecule has 0 aromatic rings. The third-order valence-electron chi connectivity index (χ3n) is 4.68. The van der Waals surface area contributed by atoms with E-state index in [1.807, 2.05) is 6.92 Å². The number of carbonyl (C=O) groups is 1. The van der Waals surface area contributed by atoms with E-state index in [0.29, 0.717) is 18.5 Å². The average Bonchev–Trinajstić information content (AvgIpc) is 2.75. The lowest BCUT2D eigenvalue weighted by atomic mass is 9.86. The lowest BCUT2D eigenvalue weighted by molar-refractivity contribution is -0.108. The van der Waals surface area contributed by atoms with Gasteiger partial charge in [-0.25, -0.2) is 0 Å². The van der Waals surface area contributed by atoms with Gasteiger partial charge in [0.1, 0.15) is 6.29 Å². The molecule has 1 aliphatic rings. The van der Waals surface area contributed by atoms with Crippen molar-refractivity contribution in [2.24, 2.45) is 5.92 Å². The van der Waals surface area contributed by atoms with E-state index in [2.05, 4.69) is 57.4 Å². The van der Waals surface area contributed by atoms with E-state index in [4.69, 9.17) is 0 Å². The van der Waals surface area contributed by atoms with E-state index in [1.54, 1.807) is 0 Å². The predicted molar refractivity (Wildman–Crippen MR) is 95.7 cm³/mol. The van der Waals surface area contributed by atoms with Crippen LogP contribution in [0.15, 0.2) is 47.2 Å². The highest BCUT2D eigenvalue weighted by atomic mass is 16.1. The quantitative estimate of drug-likeness (QED) is 0.462. The Bertz CT molecular complexity index is 496. The molecule has 0 bridgehead atoms. The van der Waals surface area contributed by atoms with E-state index in [9.17, 15) is 4.79 Å². The van der Waals surface area contributed by atoms with Crippen LogP contribution < -0.4 is 0 Å². The van der Waals surface area contributed by atoms with Crippen molar-refractivity contribution in [2.75, 3.05) is 6.54 Å². The Labute approximate surface area is 136 Å². The standard InChI is InChI=1S/C20H31NO/c1-7-17(11-10-15(4)5)14-19-16(6)21(12-13-22)20(9-3)18(19)8-2/h7,10-11,13,18,20H,4,8-9,12,14H2,1-3,5-6H3/b11-10-,17-7+. The first-order valence-electron chi connectivity index (χ1n) is 8.38. The highest BCUT2D eigenvalue weighted by molar-refractivity contribution is 5.53. The number of aldehydes is 1. The summed E-state index contributed by atoms with van der Waals surface area (Å²) < 4.78 is 0. The molecule has 0 fully saturated rings. The van der Waals surface area contributed by atoms with Crippen molar-refractivity contribution < 1.29 is 4.79 Å². The summed E-state index contributed by atoms with van der Waals surface area (Å²) in [5.41, 5.74) is 5.18. The van der Waals surface area contributed by atoms with Gasteiger partial charge in [-0.1, -0.05) is 44.2 Å². The van der Waals surface area contributed by atoms with Crippen LogP contribution in [0.4, 0.5) is 0 Å². The van der Waals surface area contributed by atoms with E-state index in [0.717, 1.165) is 31.1 Å². The fraction of sp³-hybridized carbons (Fsp3) is 0.550. The van der Waals surface area contributed by atoms with E-state index in [-0.39, 0.29) is 0 Å². The normalized spacial score (nSPS) is 22.8. The summed E-state index contributed by atoms with van der Waals surface area (Å²) in [6.07, 6.45) is 10.6. The Morgan fingerprint density at radius 1 is 1.27 bits per heavy atom. The zero-order valence-electron chi connectivity index (χ0n) is 14.9. The summed E-state index contributed by atoms with van der Waals surface area (Å²) in [6.45, 7) is 15.2. The molecule has 2 atom stereocenters. The van der Waals surface area contributed by atoms with Crippen LogP contribution in [0.25, 0.3) is 0 Å². The summed E-state index contributed by atoms with van der Waals surface area (Å²) in [5.74, 6) is 0.554. The lowest BCUT2D eigenvalue weighted by Crippen LogP contribution is -2.34. The summed E-state index contributed by atoms with van der Waals surface area (Å²) in [7, 11) is 0. The van der Waals surface area contributed by atoms with Gasteiger partial charge >= 0.3 is 0 Å². The van der Waals surface area contributed by atoms with Crippen molar-refractivity contribution in [1.82, 2.24) is 4.90 Å². The van der Waals surface area contributed by atoms with E-state index < -0.39 is 0 Å². The second-order valence-corrected chi connectivity index (χ2v) is 6.14. The highest BCUT2D eigenvalue weighted by Gasteiger charge is 2.35. The van der Waals surface area contributed by atoms with Crippen LogP contribution >= 0.6 is 0 Å². The van der Waals surface area contributed by atoms with E-state index >= 15 is 0 Å².